The molecule has 0 unspecified atom stereocenters. The molecule has 5 nitrogen and oxygen atoms in total. The number of rotatable bonds is 3. The van der Waals surface area contributed by atoms with Gasteiger partial charge in [0.1, 0.15) is 11.3 Å². The Morgan fingerprint density at radius 3 is 2.82 bits per heavy atom. The van der Waals surface area contributed by atoms with Crippen molar-refractivity contribution in [3.8, 4) is 0 Å². The summed E-state index contributed by atoms with van der Waals surface area (Å²) < 4.78 is 31.5. The third-order valence-corrected chi connectivity index (χ3v) is 3.13. The molecule has 0 atom stereocenters. The Labute approximate surface area is 99.5 Å². The predicted molar refractivity (Wildman–Crippen MR) is 63.1 cm³/mol. The van der Waals surface area contributed by atoms with Gasteiger partial charge < -0.3 is 0 Å². The minimum Gasteiger partial charge on any atom is -0.285 e. The van der Waals surface area contributed by atoms with E-state index in [4.69, 9.17) is 4.55 Å². The summed E-state index contributed by atoms with van der Waals surface area (Å²) in [6.07, 6.45) is 1.70. The lowest BCUT2D eigenvalue weighted by atomic mass is 10.2. The number of hydrogen-bond donors (Lipinski definition) is 1. The largest absolute Gasteiger partial charge is 0.285 e. The topological polar surface area (TPSA) is 71.1 Å². The summed E-state index contributed by atoms with van der Waals surface area (Å²) in [6.45, 7) is 2.11. The van der Waals surface area contributed by atoms with E-state index in [-0.39, 0.29) is 12.3 Å². The van der Waals surface area contributed by atoms with Crippen molar-refractivity contribution >= 4 is 21.0 Å². The summed E-state index contributed by atoms with van der Waals surface area (Å²) in [7, 11) is -3.94. The van der Waals surface area contributed by atoms with Gasteiger partial charge >= 0.3 is 0 Å². The third kappa shape index (κ3) is 3.21. The van der Waals surface area contributed by atoms with E-state index in [1.807, 2.05) is 31.2 Å². The van der Waals surface area contributed by atoms with E-state index in [0.717, 1.165) is 16.5 Å². The Morgan fingerprint density at radius 2 is 2.12 bits per heavy atom. The minimum absolute atomic E-state index is 0.142. The molecule has 0 spiro atoms. The molecule has 0 saturated carbocycles. The van der Waals surface area contributed by atoms with E-state index < -0.39 is 10.1 Å². The monoisotopic (exact) mass is 253 g/mol. The van der Waals surface area contributed by atoms with Gasteiger partial charge in [-0.25, -0.2) is 0 Å². The van der Waals surface area contributed by atoms with Gasteiger partial charge in [0.05, 0.1) is 0 Å². The van der Waals surface area contributed by atoms with Crippen molar-refractivity contribution in [1.82, 2.24) is 5.10 Å². The molecular weight excluding hydrogens is 240 g/mol. The fraction of sp³-hybridized carbons (Fsp3) is 0.273. The summed E-state index contributed by atoms with van der Waals surface area (Å²) >= 11 is 0. The van der Waals surface area contributed by atoms with Crippen LogP contribution in [0.3, 0.4) is 0 Å². The second-order valence-electron chi connectivity index (χ2n) is 3.93. The molecule has 0 aliphatic carbocycles. The molecule has 1 aromatic heterocycles. The second-order valence-corrected chi connectivity index (χ2v) is 5.50. The van der Waals surface area contributed by atoms with Gasteiger partial charge in [0.25, 0.3) is 10.1 Å². The van der Waals surface area contributed by atoms with Crippen LogP contribution in [-0.2, 0) is 16.7 Å². The zero-order valence-corrected chi connectivity index (χ0v) is 10.2. The van der Waals surface area contributed by atoms with Gasteiger partial charge in [0.15, 0.2) is 12.7 Å². The first-order chi connectivity index (χ1) is 7.94. The van der Waals surface area contributed by atoms with Crippen LogP contribution < -0.4 is 4.68 Å². The lowest BCUT2D eigenvalue weighted by molar-refractivity contribution is -0.747. The highest BCUT2D eigenvalue weighted by atomic mass is 32.2. The maximum Gasteiger partial charge on any atom is 0.271 e. The number of nitrogens with zero attached hydrogens (tertiary/aromatic N) is 2. The molecule has 1 heterocycles. The van der Waals surface area contributed by atoms with Crippen LogP contribution in [0.15, 0.2) is 30.5 Å². The van der Waals surface area contributed by atoms with Crippen LogP contribution in [-0.4, -0.2) is 23.8 Å². The molecule has 0 radical (unpaired) electrons. The van der Waals surface area contributed by atoms with E-state index in [1.54, 1.807) is 6.20 Å². The van der Waals surface area contributed by atoms with Crippen molar-refractivity contribution in [1.29, 1.82) is 0 Å². The summed E-state index contributed by atoms with van der Waals surface area (Å²) in [6, 6.07) is 7.75. The number of hydrogen-bond acceptors (Lipinski definition) is 3. The molecule has 17 heavy (non-hydrogen) atoms. The number of fused-ring (bicyclic) bond motifs is 1. The lowest BCUT2D eigenvalue weighted by Crippen LogP contribution is -2.40. The van der Waals surface area contributed by atoms with Gasteiger partial charge in [-0.3, -0.25) is 4.55 Å². The van der Waals surface area contributed by atoms with Gasteiger partial charge in [-0.1, -0.05) is 16.8 Å². The number of aromatic nitrogens is 2. The average molecular weight is 253 g/mol. The van der Waals surface area contributed by atoms with Crippen LogP contribution in [0.5, 0.6) is 0 Å². The molecule has 90 valence electrons. The minimum atomic E-state index is -3.94. The van der Waals surface area contributed by atoms with Gasteiger partial charge in [-0.2, -0.15) is 8.42 Å². The van der Waals surface area contributed by atoms with Gasteiger partial charge in [-0.05, 0) is 18.6 Å². The quantitative estimate of drug-likeness (QED) is 0.646. The average Bonchev–Trinajstić information content (AvgIpc) is 2.24. The van der Waals surface area contributed by atoms with Crippen LogP contribution in [0.2, 0.25) is 0 Å². The van der Waals surface area contributed by atoms with E-state index in [1.165, 1.54) is 4.68 Å². The standard InChI is InChI=1S/C11H12N2O3S/c1-9-2-3-10-4-5-13(12-11(10)8-9)6-7-17(14,15)16/h2-5,8H,6-7H2,1H3/p+1. The Bertz CT molecular complexity index is 653. The van der Waals surface area contributed by atoms with Crippen molar-refractivity contribution in [3.05, 3.63) is 36.0 Å². The molecule has 1 N–H and O–H groups in total. The summed E-state index contributed by atoms with van der Waals surface area (Å²) in [5, 5.41) is 5.28. The summed E-state index contributed by atoms with van der Waals surface area (Å²) in [4.78, 5) is 0. The highest BCUT2D eigenvalue weighted by Gasteiger charge is 2.11. The molecule has 6 heteroatoms. The van der Waals surface area contributed by atoms with Crippen LogP contribution in [0.1, 0.15) is 5.56 Å². The van der Waals surface area contributed by atoms with Gasteiger partial charge in [-0.15, -0.1) is 0 Å². The first-order valence-electron chi connectivity index (χ1n) is 5.16. The Balaban J connectivity index is 2.31. The zero-order valence-electron chi connectivity index (χ0n) is 9.37. The fourth-order valence-corrected chi connectivity index (χ4v) is 1.97. The van der Waals surface area contributed by atoms with Crippen LogP contribution >= 0.6 is 0 Å². The summed E-state index contributed by atoms with van der Waals surface area (Å²) in [5.41, 5.74) is 1.90. The molecule has 0 aliphatic rings. The maximum atomic E-state index is 10.6. The highest BCUT2D eigenvalue weighted by molar-refractivity contribution is 7.85. The molecule has 0 fully saturated rings. The van der Waals surface area contributed by atoms with Crippen molar-refractivity contribution < 1.29 is 17.7 Å². The molecule has 0 aliphatic heterocycles. The maximum absolute atomic E-state index is 10.6. The van der Waals surface area contributed by atoms with E-state index >= 15 is 0 Å². The fourth-order valence-electron chi connectivity index (χ4n) is 1.55. The zero-order chi connectivity index (χ0) is 12.5. The van der Waals surface area contributed by atoms with E-state index in [2.05, 4.69) is 5.10 Å². The first kappa shape index (κ1) is 11.9. The lowest BCUT2D eigenvalue weighted by Gasteiger charge is -1.97. The van der Waals surface area contributed by atoms with Crippen molar-refractivity contribution in [2.45, 2.75) is 13.5 Å². The number of benzene rings is 1. The molecule has 1 aromatic carbocycles. The summed E-state index contributed by atoms with van der Waals surface area (Å²) in [5.74, 6) is -0.331. The van der Waals surface area contributed by atoms with Crippen molar-refractivity contribution in [2.24, 2.45) is 0 Å². The van der Waals surface area contributed by atoms with Gasteiger partial charge in [0, 0.05) is 16.6 Å². The third-order valence-electron chi connectivity index (χ3n) is 2.43. The van der Waals surface area contributed by atoms with Crippen LogP contribution in [0, 0.1) is 6.92 Å². The van der Waals surface area contributed by atoms with Crippen LogP contribution in [0.4, 0.5) is 0 Å². The number of aryl methyl sites for hydroxylation is 2. The molecule has 0 saturated heterocycles. The Kier molecular flexibility index (Phi) is 3.08. The molecular formula is C11H13N2O3S+. The van der Waals surface area contributed by atoms with Crippen molar-refractivity contribution in [2.75, 3.05) is 5.75 Å². The van der Waals surface area contributed by atoms with E-state index in [0.29, 0.717) is 0 Å². The van der Waals surface area contributed by atoms with Gasteiger partial charge in [0.2, 0.25) is 0 Å². The Hall–Kier alpha value is -1.53. The van der Waals surface area contributed by atoms with E-state index in [9.17, 15) is 8.42 Å². The predicted octanol–water partition coefficient (Wildman–Crippen LogP) is 0.719. The molecule has 2 aromatic rings. The molecule has 0 amide bonds. The molecule has 0 bridgehead atoms. The van der Waals surface area contributed by atoms with Crippen molar-refractivity contribution in [3.63, 3.8) is 0 Å². The normalized spacial score (nSPS) is 11.9. The molecule has 2 rings (SSSR count). The Morgan fingerprint density at radius 1 is 1.35 bits per heavy atom. The smallest absolute Gasteiger partial charge is 0.271 e. The second kappa shape index (κ2) is 4.38. The SMILES string of the molecule is Cc1ccc2cc[n+](CCS(=O)(=O)O)nc2c1. The highest BCUT2D eigenvalue weighted by Crippen LogP contribution is 2.10. The van der Waals surface area contributed by atoms with Crippen LogP contribution in [0.25, 0.3) is 10.9 Å². The first-order valence-corrected chi connectivity index (χ1v) is 6.77.